The van der Waals surface area contributed by atoms with Crippen LogP contribution in [0.1, 0.15) is 0 Å². The summed E-state index contributed by atoms with van der Waals surface area (Å²) in [4.78, 5) is 9.50. The first-order chi connectivity index (χ1) is 12.0. The van der Waals surface area contributed by atoms with Crippen LogP contribution < -0.4 is 0 Å². The van der Waals surface area contributed by atoms with Crippen LogP contribution >= 0.6 is 43.2 Å². The maximum Gasteiger partial charge on any atom is 0.123 e. The molecule has 0 bridgehead atoms. The fraction of sp³-hybridized carbons (Fsp3) is 0. The second-order valence-corrected chi connectivity index (χ2v) is 8.94. The first kappa shape index (κ1) is 16.8. The number of nitrogens with zero attached hydrogens (tertiary/aromatic N) is 2. The van der Waals surface area contributed by atoms with Crippen molar-refractivity contribution in [2.45, 2.75) is 0 Å². The number of aromatic nitrogens is 2. The molecular weight excluding hydrogens is 474 g/mol. The molecule has 0 N–H and O–H groups in total. The average molecular weight is 482 g/mol. The molecular formula is C18H8Br2F2N2S. The highest BCUT2D eigenvalue weighted by Gasteiger charge is 2.18. The number of hydrogen-bond donors (Lipinski definition) is 0. The summed E-state index contributed by atoms with van der Waals surface area (Å²) in [5, 5.41) is 0. The van der Waals surface area contributed by atoms with Gasteiger partial charge >= 0.3 is 0 Å². The van der Waals surface area contributed by atoms with E-state index in [0.29, 0.717) is 11.4 Å². The van der Waals surface area contributed by atoms with Crippen molar-refractivity contribution in [1.29, 1.82) is 0 Å². The van der Waals surface area contributed by atoms with Crippen molar-refractivity contribution in [2.75, 3.05) is 0 Å². The lowest BCUT2D eigenvalue weighted by Gasteiger charge is -2.09. The van der Waals surface area contributed by atoms with Crippen LogP contribution in [-0.2, 0) is 0 Å². The van der Waals surface area contributed by atoms with Crippen molar-refractivity contribution >= 4 is 54.2 Å². The fourth-order valence-corrected chi connectivity index (χ4v) is 5.31. The normalized spacial score (nSPS) is 11.2. The Labute approximate surface area is 162 Å². The Bertz CT molecular complexity index is 992. The zero-order valence-corrected chi connectivity index (χ0v) is 16.4. The predicted molar refractivity (Wildman–Crippen MR) is 104 cm³/mol. The summed E-state index contributed by atoms with van der Waals surface area (Å²) < 4.78 is 28.3. The Morgan fingerprint density at radius 2 is 1.00 bits per heavy atom. The van der Waals surface area contributed by atoms with E-state index >= 15 is 0 Å². The lowest BCUT2D eigenvalue weighted by atomic mass is 10.0. The largest absolute Gasteiger partial charge is 0.242 e. The van der Waals surface area contributed by atoms with Crippen molar-refractivity contribution in [3.63, 3.8) is 0 Å². The van der Waals surface area contributed by atoms with Crippen LogP contribution in [0.15, 0.2) is 56.1 Å². The summed E-state index contributed by atoms with van der Waals surface area (Å²) in [7, 11) is 0. The van der Waals surface area contributed by atoms with Gasteiger partial charge in [0.1, 0.15) is 22.7 Å². The van der Waals surface area contributed by atoms with Crippen LogP contribution in [0.5, 0.6) is 0 Å². The van der Waals surface area contributed by atoms with E-state index in [0.717, 1.165) is 29.7 Å². The summed E-state index contributed by atoms with van der Waals surface area (Å²) in [5.74, 6) is -0.638. The van der Waals surface area contributed by atoms with E-state index in [1.54, 1.807) is 24.3 Å². The third-order valence-electron chi connectivity index (χ3n) is 3.68. The zero-order valence-electron chi connectivity index (χ0n) is 12.4. The van der Waals surface area contributed by atoms with Crippen molar-refractivity contribution in [3.05, 3.63) is 67.7 Å². The van der Waals surface area contributed by atoms with E-state index in [1.165, 1.54) is 35.6 Å². The molecule has 0 aliphatic carbocycles. The van der Waals surface area contributed by atoms with Crippen molar-refractivity contribution in [1.82, 2.24) is 9.97 Å². The first-order valence-electron chi connectivity index (χ1n) is 7.20. The highest BCUT2D eigenvalue weighted by atomic mass is 79.9. The molecule has 0 spiro atoms. The number of rotatable bonds is 2. The van der Waals surface area contributed by atoms with Crippen LogP contribution in [0.25, 0.3) is 33.5 Å². The molecule has 0 unspecified atom stereocenters. The topological polar surface area (TPSA) is 25.8 Å². The lowest BCUT2D eigenvalue weighted by Crippen LogP contribution is -1.95. The molecule has 0 aliphatic rings. The quantitative estimate of drug-likeness (QED) is 0.313. The van der Waals surface area contributed by atoms with Crippen molar-refractivity contribution in [2.24, 2.45) is 0 Å². The average Bonchev–Trinajstić information content (AvgIpc) is 2.89. The molecule has 0 radical (unpaired) electrons. The van der Waals surface area contributed by atoms with E-state index < -0.39 is 0 Å². The molecule has 4 rings (SSSR count). The predicted octanol–water partition coefficient (Wildman–Crippen LogP) is 6.83. The Morgan fingerprint density at radius 1 is 0.640 bits per heavy atom. The molecule has 0 atom stereocenters. The number of thiophene rings is 1. The molecule has 7 heteroatoms. The van der Waals surface area contributed by atoms with Gasteiger partial charge < -0.3 is 0 Å². The minimum atomic E-state index is -0.319. The van der Waals surface area contributed by atoms with Gasteiger partial charge in [0.05, 0.1) is 19.0 Å². The molecule has 0 amide bonds. The number of benzene rings is 2. The monoisotopic (exact) mass is 480 g/mol. The molecule has 0 fully saturated rings. The summed E-state index contributed by atoms with van der Waals surface area (Å²) in [6.45, 7) is 0. The second kappa shape index (κ2) is 6.55. The van der Waals surface area contributed by atoms with E-state index in [2.05, 4.69) is 31.9 Å². The lowest BCUT2D eigenvalue weighted by molar-refractivity contribution is 0.627. The van der Waals surface area contributed by atoms with Gasteiger partial charge in [0.2, 0.25) is 0 Å². The van der Waals surface area contributed by atoms with E-state index in [-0.39, 0.29) is 11.6 Å². The van der Waals surface area contributed by atoms with Crippen molar-refractivity contribution < 1.29 is 8.78 Å². The molecule has 2 aromatic heterocycles. The first-order valence-corrected chi connectivity index (χ1v) is 9.60. The minimum absolute atomic E-state index is 0.319. The molecule has 2 heterocycles. The van der Waals surface area contributed by atoms with Crippen molar-refractivity contribution in [3.8, 4) is 22.5 Å². The van der Waals surface area contributed by atoms with E-state index in [1.807, 2.05) is 0 Å². The minimum Gasteiger partial charge on any atom is -0.242 e. The van der Waals surface area contributed by atoms with E-state index in [4.69, 9.17) is 9.97 Å². The van der Waals surface area contributed by atoms with Gasteiger partial charge in [-0.15, -0.1) is 11.3 Å². The highest BCUT2D eigenvalue weighted by molar-refractivity contribution is 9.12. The summed E-state index contributed by atoms with van der Waals surface area (Å²) in [6.07, 6.45) is 0. The zero-order chi connectivity index (χ0) is 17.6. The number of halogens is 4. The number of hydrogen-bond acceptors (Lipinski definition) is 3. The molecule has 124 valence electrons. The van der Waals surface area contributed by atoms with Gasteiger partial charge in [-0.3, -0.25) is 0 Å². The molecule has 4 aromatic rings. The third-order valence-corrected chi connectivity index (χ3v) is 6.15. The Kier molecular flexibility index (Phi) is 4.39. The van der Waals surface area contributed by atoms with Crippen LogP contribution in [0.2, 0.25) is 0 Å². The standard InChI is InChI=1S/C18H8Br2F2N2S/c19-17-15-16(18(20)25-17)24-14(10-3-7-12(22)8-4-10)13(23-15)9-1-5-11(21)6-2-9/h1-8H. The van der Waals surface area contributed by atoms with Gasteiger partial charge in [-0.1, -0.05) is 0 Å². The van der Waals surface area contributed by atoms with Gasteiger partial charge in [-0.05, 0) is 80.4 Å². The summed E-state index contributed by atoms with van der Waals surface area (Å²) in [6, 6.07) is 12.2. The van der Waals surface area contributed by atoms with Gasteiger partial charge in [0.15, 0.2) is 0 Å². The molecule has 25 heavy (non-hydrogen) atoms. The smallest absolute Gasteiger partial charge is 0.123 e. The SMILES string of the molecule is Fc1ccc(-c2nc3c(Br)sc(Br)c3nc2-c2ccc(F)cc2)cc1. The molecule has 0 saturated heterocycles. The Hall–Kier alpha value is -1.70. The number of fused-ring (bicyclic) bond motifs is 1. The van der Waals surface area contributed by atoms with Gasteiger partial charge in [0.25, 0.3) is 0 Å². The van der Waals surface area contributed by atoms with Gasteiger partial charge in [-0.2, -0.15) is 0 Å². The Balaban J connectivity index is 2.03. The highest BCUT2D eigenvalue weighted by Crippen LogP contribution is 2.40. The van der Waals surface area contributed by atoms with Crippen LogP contribution in [0.3, 0.4) is 0 Å². The van der Waals surface area contributed by atoms with Crippen LogP contribution in [-0.4, -0.2) is 9.97 Å². The second-order valence-electron chi connectivity index (χ2n) is 5.28. The molecule has 0 saturated carbocycles. The van der Waals surface area contributed by atoms with Crippen LogP contribution in [0.4, 0.5) is 8.78 Å². The molecule has 2 aromatic carbocycles. The third kappa shape index (κ3) is 3.12. The van der Waals surface area contributed by atoms with Gasteiger partial charge in [-0.25, -0.2) is 18.7 Å². The fourth-order valence-electron chi connectivity index (χ4n) is 2.50. The summed E-state index contributed by atoms with van der Waals surface area (Å²) in [5.41, 5.74) is 4.16. The molecule has 0 aliphatic heterocycles. The van der Waals surface area contributed by atoms with E-state index in [9.17, 15) is 8.78 Å². The van der Waals surface area contributed by atoms with Crippen LogP contribution in [0, 0.1) is 11.6 Å². The Morgan fingerprint density at radius 3 is 1.36 bits per heavy atom. The summed E-state index contributed by atoms with van der Waals surface area (Å²) >= 11 is 8.49. The molecule has 2 nitrogen and oxygen atoms in total. The van der Waals surface area contributed by atoms with Gasteiger partial charge in [0, 0.05) is 11.1 Å². The maximum atomic E-state index is 13.3. The maximum absolute atomic E-state index is 13.3.